The molecule has 4 rings (SSSR count). The van der Waals surface area contributed by atoms with Gasteiger partial charge in [0.05, 0.1) is 0 Å². The first-order valence-electron chi connectivity index (χ1n) is 8.51. The molecule has 24 heavy (non-hydrogen) atoms. The zero-order valence-corrected chi connectivity index (χ0v) is 13.6. The van der Waals surface area contributed by atoms with Crippen molar-refractivity contribution in [3.63, 3.8) is 0 Å². The van der Waals surface area contributed by atoms with Crippen molar-refractivity contribution < 1.29 is 9.53 Å². The molecule has 1 N–H and O–H groups in total. The molecule has 2 aromatic carbocycles. The maximum Gasteiger partial charge on any atom is 0.187 e. The Kier molecular flexibility index (Phi) is 3.95. The van der Waals surface area contributed by atoms with Crippen molar-refractivity contribution in [1.82, 2.24) is 5.32 Å². The third-order valence-electron chi connectivity index (χ3n) is 5.02. The van der Waals surface area contributed by atoms with Gasteiger partial charge in [-0.3, -0.25) is 4.79 Å². The molecule has 3 heteroatoms. The summed E-state index contributed by atoms with van der Waals surface area (Å²) in [5.41, 5.74) is 4.11. The Hall–Kier alpha value is -2.39. The summed E-state index contributed by atoms with van der Waals surface area (Å²) in [6, 6.07) is 17.8. The number of allylic oxidation sites excluding steroid dienone is 1. The molecule has 2 aliphatic heterocycles. The van der Waals surface area contributed by atoms with Gasteiger partial charge in [-0.25, -0.2) is 0 Å². The number of fused-ring (bicyclic) bond motifs is 1. The molecule has 0 bridgehead atoms. The summed E-state index contributed by atoms with van der Waals surface area (Å²) in [5.74, 6) is 0.0389. The summed E-state index contributed by atoms with van der Waals surface area (Å²) < 4.78 is 5.54. The maximum atomic E-state index is 12.7. The number of carbonyl (C=O) groups excluding carboxylic acids is 1. The average molecular weight is 319 g/mol. The van der Waals surface area contributed by atoms with Crippen LogP contribution in [-0.4, -0.2) is 24.5 Å². The number of rotatable bonds is 2. The third-order valence-corrected chi connectivity index (χ3v) is 5.02. The fraction of sp³-hybridized carbons (Fsp3) is 0.286. The largest absolute Gasteiger partial charge is 0.381 e. The highest BCUT2D eigenvalue weighted by atomic mass is 16.5. The molecule has 0 radical (unpaired) electrons. The Morgan fingerprint density at radius 1 is 1.00 bits per heavy atom. The first-order chi connectivity index (χ1) is 11.8. The molecule has 3 nitrogen and oxygen atoms in total. The van der Waals surface area contributed by atoms with Gasteiger partial charge in [0.2, 0.25) is 0 Å². The number of carbonyl (C=O) groups is 1. The lowest BCUT2D eigenvalue weighted by atomic mass is 9.78. The molecule has 2 aromatic rings. The van der Waals surface area contributed by atoms with Crippen molar-refractivity contribution >= 4 is 11.5 Å². The second kappa shape index (κ2) is 6.25. The minimum absolute atomic E-state index is 0.00933. The van der Waals surface area contributed by atoms with E-state index in [1.165, 1.54) is 5.56 Å². The second-order valence-electron chi connectivity index (χ2n) is 6.64. The van der Waals surface area contributed by atoms with Crippen LogP contribution in [0.4, 0.5) is 0 Å². The molecule has 0 saturated carbocycles. The number of benzene rings is 2. The van der Waals surface area contributed by atoms with Crippen LogP contribution >= 0.6 is 0 Å². The van der Waals surface area contributed by atoms with E-state index in [-0.39, 0.29) is 11.3 Å². The lowest BCUT2D eigenvalue weighted by Gasteiger charge is -2.43. The average Bonchev–Trinajstić information content (AvgIpc) is 2.63. The zero-order valence-electron chi connectivity index (χ0n) is 13.6. The van der Waals surface area contributed by atoms with Crippen molar-refractivity contribution in [3.05, 3.63) is 77.4 Å². The molecule has 0 atom stereocenters. The van der Waals surface area contributed by atoms with Crippen LogP contribution in [0.25, 0.3) is 5.70 Å². The van der Waals surface area contributed by atoms with E-state index < -0.39 is 0 Å². The van der Waals surface area contributed by atoms with E-state index in [1.807, 2.05) is 36.4 Å². The van der Waals surface area contributed by atoms with Crippen molar-refractivity contribution in [2.45, 2.75) is 24.8 Å². The molecular formula is C21H21NO2. The van der Waals surface area contributed by atoms with E-state index >= 15 is 0 Å². The zero-order chi connectivity index (χ0) is 16.4. The van der Waals surface area contributed by atoms with Crippen LogP contribution in [0.2, 0.25) is 0 Å². The molecular weight excluding hydrogens is 298 g/mol. The number of nitrogens with one attached hydrogen (secondary N) is 1. The van der Waals surface area contributed by atoms with Crippen LogP contribution in [0.3, 0.4) is 0 Å². The Morgan fingerprint density at radius 3 is 2.50 bits per heavy atom. The van der Waals surface area contributed by atoms with E-state index in [4.69, 9.17) is 4.74 Å². The molecule has 122 valence electrons. The van der Waals surface area contributed by atoms with Gasteiger partial charge >= 0.3 is 0 Å². The van der Waals surface area contributed by atoms with E-state index in [2.05, 4.69) is 23.5 Å². The number of hydrogen-bond donors (Lipinski definition) is 1. The standard InChI is InChI=1S/C21H21NO2/c23-20(16-6-2-1-3-7-16)14-19-18-9-5-4-8-17(18)15-21(22-19)10-12-24-13-11-21/h1-9,14,22H,10-13,15H2. The summed E-state index contributed by atoms with van der Waals surface area (Å²) in [7, 11) is 0. The van der Waals surface area contributed by atoms with E-state index in [0.717, 1.165) is 49.3 Å². The fourth-order valence-electron chi connectivity index (χ4n) is 3.69. The molecule has 0 aromatic heterocycles. The monoisotopic (exact) mass is 319 g/mol. The fourth-order valence-corrected chi connectivity index (χ4v) is 3.69. The van der Waals surface area contributed by atoms with E-state index in [1.54, 1.807) is 6.08 Å². The van der Waals surface area contributed by atoms with Gasteiger partial charge in [-0.2, -0.15) is 0 Å². The van der Waals surface area contributed by atoms with Gasteiger partial charge in [0.25, 0.3) is 0 Å². The third kappa shape index (κ3) is 2.87. The Labute approximate surface area is 142 Å². The maximum absolute atomic E-state index is 12.7. The lowest BCUT2D eigenvalue weighted by Crippen LogP contribution is -2.52. The van der Waals surface area contributed by atoms with Gasteiger partial charge in [0.1, 0.15) is 0 Å². The highest BCUT2D eigenvalue weighted by Gasteiger charge is 2.37. The summed E-state index contributed by atoms with van der Waals surface area (Å²) in [5, 5.41) is 3.69. The van der Waals surface area contributed by atoms with Crippen molar-refractivity contribution in [3.8, 4) is 0 Å². The first kappa shape index (κ1) is 15.2. The number of ether oxygens (including phenoxy) is 1. The topological polar surface area (TPSA) is 38.3 Å². The summed E-state index contributed by atoms with van der Waals surface area (Å²) in [4.78, 5) is 12.7. The van der Waals surface area contributed by atoms with Crippen LogP contribution in [0.1, 0.15) is 34.3 Å². The van der Waals surface area contributed by atoms with Crippen molar-refractivity contribution in [2.24, 2.45) is 0 Å². The quantitative estimate of drug-likeness (QED) is 0.679. The predicted octanol–water partition coefficient (Wildman–Crippen LogP) is 3.61. The Balaban J connectivity index is 1.73. The minimum Gasteiger partial charge on any atom is -0.381 e. The molecule has 1 fully saturated rings. The molecule has 0 aliphatic carbocycles. The normalized spacial score (nSPS) is 20.4. The smallest absolute Gasteiger partial charge is 0.187 e. The Morgan fingerprint density at radius 2 is 1.71 bits per heavy atom. The van der Waals surface area contributed by atoms with Gasteiger partial charge < -0.3 is 10.1 Å². The molecule has 0 unspecified atom stereocenters. The lowest BCUT2D eigenvalue weighted by molar-refractivity contribution is 0.0435. The minimum atomic E-state index is 0.00933. The predicted molar refractivity (Wildman–Crippen MR) is 94.8 cm³/mol. The van der Waals surface area contributed by atoms with E-state index in [0.29, 0.717) is 0 Å². The van der Waals surface area contributed by atoms with Gasteiger partial charge in [-0.1, -0.05) is 54.6 Å². The summed E-state index contributed by atoms with van der Waals surface area (Å²) in [6.07, 6.45) is 4.68. The van der Waals surface area contributed by atoms with Gasteiger partial charge in [-0.05, 0) is 24.8 Å². The van der Waals surface area contributed by atoms with Crippen molar-refractivity contribution in [2.75, 3.05) is 13.2 Å². The van der Waals surface area contributed by atoms with Crippen LogP contribution in [-0.2, 0) is 11.2 Å². The molecule has 1 spiro atoms. The highest BCUT2D eigenvalue weighted by molar-refractivity contribution is 6.08. The number of hydrogen-bond acceptors (Lipinski definition) is 3. The highest BCUT2D eigenvalue weighted by Crippen LogP contribution is 2.35. The van der Waals surface area contributed by atoms with Crippen LogP contribution in [0, 0.1) is 0 Å². The van der Waals surface area contributed by atoms with Gasteiger partial charge in [0, 0.05) is 41.7 Å². The van der Waals surface area contributed by atoms with Gasteiger partial charge in [-0.15, -0.1) is 0 Å². The molecule has 2 heterocycles. The van der Waals surface area contributed by atoms with Crippen LogP contribution in [0.15, 0.2) is 60.7 Å². The van der Waals surface area contributed by atoms with Crippen LogP contribution < -0.4 is 5.32 Å². The first-order valence-corrected chi connectivity index (χ1v) is 8.51. The van der Waals surface area contributed by atoms with Crippen LogP contribution in [0.5, 0.6) is 0 Å². The second-order valence-corrected chi connectivity index (χ2v) is 6.64. The molecule has 2 aliphatic rings. The molecule has 0 amide bonds. The van der Waals surface area contributed by atoms with Crippen molar-refractivity contribution in [1.29, 1.82) is 0 Å². The van der Waals surface area contributed by atoms with Gasteiger partial charge in [0.15, 0.2) is 5.78 Å². The Bertz CT molecular complexity index is 773. The SMILES string of the molecule is O=C(C=C1NC2(CCOCC2)Cc2ccccc21)c1ccccc1. The van der Waals surface area contributed by atoms with E-state index in [9.17, 15) is 4.79 Å². The summed E-state index contributed by atoms with van der Waals surface area (Å²) >= 11 is 0. The molecule has 1 saturated heterocycles. The number of ketones is 1. The summed E-state index contributed by atoms with van der Waals surface area (Å²) in [6.45, 7) is 1.55.